The Morgan fingerprint density at radius 3 is 2.61 bits per heavy atom. The Morgan fingerprint density at radius 1 is 1.18 bits per heavy atom. The first-order valence-electron chi connectivity index (χ1n) is 10.6. The maximum absolute atomic E-state index is 12.0. The summed E-state index contributed by atoms with van der Waals surface area (Å²) >= 11 is 12.8. The van der Waals surface area contributed by atoms with E-state index in [0.717, 1.165) is 30.3 Å². The number of imidazole rings is 1. The molecule has 2 aromatic carbocycles. The Balaban J connectivity index is 1.45. The zero-order valence-electron chi connectivity index (χ0n) is 17.9. The second-order valence-corrected chi connectivity index (χ2v) is 11.3. The summed E-state index contributed by atoms with van der Waals surface area (Å²) in [7, 11) is -3.46. The fraction of sp³-hybridized carbons (Fsp3) is 0.348. The van der Waals surface area contributed by atoms with Crippen molar-refractivity contribution in [2.45, 2.75) is 36.2 Å². The lowest BCUT2D eigenvalue weighted by Gasteiger charge is -2.30. The van der Waals surface area contributed by atoms with Gasteiger partial charge in [-0.1, -0.05) is 23.2 Å². The molecule has 1 aliphatic carbocycles. The van der Waals surface area contributed by atoms with Crippen molar-refractivity contribution in [1.82, 2.24) is 14.5 Å². The van der Waals surface area contributed by atoms with Crippen LogP contribution in [0.2, 0.25) is 10.0 Å². The Labute approximate surface area is 202 Å². The lowest BCUT2D eigenvalue weighted by atomic mass is 10.1. The fourth-order valence-electron chi connectivity index (χ4n) is 4.74. The zero-order valence-corrected chi connectivity index (χ0v) is 20.2. The van der Waals surface area contributed by atoms with Gasteiger partial charge in [-0.15, -0.1) is 0 Å². The average Bonchev–Trinajstić information content (AvgIpc) is 3.47. The fourth-order valence-corrected chi connectivity index (χ4v) is 6.10. The number of sulfone groups is 1. The minimum Gasteiger partial charge on any atom is -0.484 e. The normalized spacial score (nSPS) is 23.1. The number of benzene rings is 2. The number of β-amino-alcohol motifs (C(OH)–C–C–N with tert-alkyl or cyclic N) is 1. The predicted molar refractivity (Wildman–Crippen MR) is 126 cm³/mol. The molecule has 1 fully saturated rings. The molecule has 1 saturated heterocycles. The van der Waals surface area contributed by atoms with E-state index < -0.39 is 9.84 Å². The van der Waals surface area contributed by atoms with Gasteiger partial charge in [-0.25, -0.2) is 13.4 Å². The van der Waals surface area contributed by atoms with E-state index in [2.05, 4.69) is 9.88 Å². The molecule has 174 valence electrons. The van der Waals surface area contributed by atoms with Crippen LogP contribution in [0.25, 0.3) is 5.69 Å². The van der Waals surface area contributed by atoms with Crippen LogP contribution in [0, 0.1) is 0 Å². The largest absolute Gasteiger partial charge is 0.484 e. The summed E-state index contributed by atoms with van der Waals surface area (Å²) in [5.74, 6) is 0.637. The van der Waals surface area contributed by atoms with Gasteiger partial charge in [0.15, 0.2) is 0 Å². The number of aromatic nitrogens is 2. The van der Waals surface area contributed by atoms with E-state index in [9.17, 15) is 13.5 Å². The number of aliphatic hydroxyl groups is 1. The Kier molecular flexibility index (Phi) is 5.91. The minimum absolute atomic E-state index is 0.0159. The van der Waals surface area contributed by atoms with Gasteiger partial charge >= 0.3 is 0 Å². The number of fused-ring (bicyclic) bond motifs is 1. The highest BCUT2D eigenvalue weighted by atomic mass is 35.5. The molecule has 3 aromatic rings. The minimum atomic E-state index is -3.46. The predicted octanol–water partition coefficient (Wildman–Crippen LogP) is 3.69. The lowest BCUT2D eigenvalue weighted by molar-refractivity contribution is 0.0818. The summed E-state index contributed by atoms with van der Waals surface area (Å²) in [6, 6.07) is 10.9. The summed E-state index contributed by atoms with van der Waals surface area (Å²) in [6.45, 7) is 1.39. The molecule has 2 aliphatic rings. The van der Waals surface area contributed by atoms with Gasteiger partial charge < -0.3 is 9.84 Å². The average molecular weight is 508 g/mol. The third kappa shape index (κ3) is 4.38. The van der Waals surface area contributed by atoms with Crippen LogP contribution < -0.4 is 4.74 Å². The first kappa shape index (κ1) is 22.7. The number of aliphatic hydroxyl groups excluding tert-OH is 1. The number of likely N-dealkylation sites (tertiary alicyclic amines) is 1. The van der Waals surface area contributed by atoms with Gasteiger partial charge in [-0.05, 0) is 54.8 Å². The first-order chi connectivity index (χ1) is 15.7. The molecule has 0 unspecified atom stereocenters. The standard InChI is InChI=1S/C23H23Cl2N3O4S/c1-33(30,31)23-26-7-9-28(23)15-2-4-17(5-3-15)32-22-19-10-14(24)11-20(25)18(19)12-21(22)27-8-6-16(29)13-27/h2-5,7,9-11,16,21-22,29H,6,8,12-13H2,1H3/t16-,21+,22-/m1/s1. The van der Waals surface area contributed by atoms with E-state index in [-0.39, 0.29) is 23.4 Å². The smallest absolute Gasteiger partial charge is 0.231 e. The molecule has 0 amide bonds. The van der Waals surface area contributed by atoms with Gasteiger partial charge in [0.2, 0.25) is 15.0 Å². The van der Waals surface area contributed by atoms with E-state index in [0.29, 0.717) is 34.4 Å². The molecule has 0 bridgehead atoms. The highest BCUT2D eigenvalue weighted by molar-refractivity contribution is 7.90. The number of ether oxygens (including phenoxy) is 1. The van der Waals surface area contributed by atoms with Crippen LogP contribution in [-0.2, 0) is 16.3 Å². The molecule has 0 spiro atoms. The third-order valence-electron chi connectivity index (χ3n) is 6.24. The molecular weight excluding hydrogens is 485 g/mol. The van der Waals surface area contributed by atoms with Crippen molar-refractivity contribution in [2.24, 2.45) is 0 Å². The van der Waals surface area contributed by atoms with Crippen LogP contribution in [0.3, 0.4) is 0 Å². The topological polar surface area (TPSA) is 84.7 Å². The molecule has 10 heteroatoms. The summed E-state index contributed by atoms with van der Waals surface area (Å²) < 4.78 is 32.0. The molecule has 2 heterocycles. The maximum Gasteiger partial charge on any atom is 0.231 e. The van der Waals surface area contributed by atoms with Gasteiger partial charge in [-0.3, -0.25) is 9.47 Å². The van der Waals surface area contributed by atoms with Crippen molar-refractivity contribution >= 4 is 33.0 Å². The zero-order chi connectivity index (χ0) is 23.3. The number of nitrogens with zero attached hydrogens (tertiary/aromatic N) is 3. The van der Waals surface area contributed by atoms with Gasteiger partial charge in [-0.2, -0.15) is 0 Å². The van der Waals surface area contributed by atoms with E-state index in [1.807, 2.05) is 6.07 Å². The van der Waals surface area contributed by atoms with Crippen molar-refractivity contribution in [3.05, 3.63) is 70.0 Å². The SMILES string of the molecule is CS(=O)(=O)c1nccn1-c1ccc(O[C@@H]2c3cc(Cl)cc(Cl)c3C[C@@H]2N2CC[C@@H](O)C2)cc1. The molecule has 1 aliphatic heterocycles. The summed E-state index contributed by atoms with van der Waals surface area (Å²) in [5.41, 5.74) is 2.64. The van der Waals surface area contributed by atoms with Gasteiger partial charge in [0, 0.05) is 53.0 Å². The molecule has 33 heavy (non-hydrogen) atoms. The lowest BCUT2D eigenvalue weighted by Crippen LogP contribution is -2.39. The van der Waals surface area contributed by atoms with Crippen molar-refractivity contribution in [3.63, 3.8) is 0 Å². The highest BCUT2D eigenvalue weighted by Crippen LogP contribution is 2.43. The van der Waals surface area contributed by atoms with E-state index in [1.54, 1.807) is 36.5 Å². The number of hydrogen-bond acceptors (Lipinski definition) is 6. The Hall–Kier alpha value is -2.10. The summed E-state index contributed by atoms with van der Waals surface area (Å²) in [5, 5.41) is 11.2. The molecule has 0 radical (unpaired) electrons. The summed E-state index contributed by atoms with van der Waals surface area (Å²) in [6.07, 6.45) is 5.01. The number of hydrogen-bond donors (Lipinski definition) is 1. The van der Waals surface area contributed by atoms with Crippen LogP contribution in [0.1, 0.15) is 23.7 Å². The molecule has 3 atom stereocenters. The third-order valence-corrected chi connectivity index (χ3v) is 7.77. The molecule has 5 rings (SSSR count). The molecule has 1 N–H and O–H groups in total. The second kappa shape index (κ2) is 8.60. The van der Waals surface area contributed by atoms with Crippen LogP contribution in [-0.4, -0.2) is 59.5 Å². The monoisotopic (exact) mass is 507 g/mol. The van der Waals surface area contributed by atoms with Crippen LogP contribution >= 0.6 is 23.2 Å². The van der Waals surface area contributed by atoms with Crippen LogP contribution in [0.4, 0.5) is 0 Å². The van der Waals surface area contributed by atoms with Crippen LogP contribution in [0.15, 0.2) is 53.9 Å². The van der Waals surface area contributed by atoms with E-state index >= 15 is 0 Å². The first-order valence-corrected chi connectivity index (χ1v) is 13.3. The van der Waals surface area contributed by atoms with Crippen LogP contribution in [0.5, 0.6) is 5.75 Å². The number of halogens is 2. The quantitative estimate of drug-likeness (QED) is 0.566. The Morgan fingerprint density at radius 2 is 1.94 bits per heavy atom. The van der Waals surface area contributed by atoms with Gasteiger partial charge in [0.25, 0.3) is 0 Å². The van der Waals surface area contributed by atoms with Crippen molar-refractivity contribution in [3.8, 4) is 11.4 Å². The van der Waals surface area contributed by atoms with Gasteiger partial charge in [0.05, 0.1) is 12.1 Å². The second-order valence-electron chi connectivity index (χ2n) is 8.55. The molecular formula is C23H23Cl2N3O4S. The molecule has 0 saturated carbocycles. The maximum atomic E-state index is 12.0. The van der Waals surface area contributed by atoms with E-state index in [1.165, 1.54) is 10.8 Å². The highest BCUT2D eigenvalue weighted by Gasteiger charge is 2.41. The van der Waals surface area contributed by atoms with Crippen molar-refractivity contribution in [1.29, 1.82) is 0 Å². The van der Waals surface area contributed by atoms with Gasteiger partial charge in [0.1, 0.15) is 11.9 Å². The molecule has 7 nitrogen and oxygen atoms in total. The summed E-state index contributed by atoms with van der Waals surface area (Å²) in [4.78, 5) is 6.21. The van der Waals surface area contributed by atoms with Crippen molar-refractivity contribution < 1.29 is 18.3 Å². The molecule has 1 aromatic heterocycles. The Bertz CT molecular complexity index is 1290. The van der Waals surface area contributed by atoms with Crippen molar-refractivity contribution in [2.75, 3.05) is 19.3 Å². The number of rotatable bonds is 5. The van der Waals surface area contributed by atoms with E-state index in [4.69, 9.17) is 27.9 Å².